The summed E-state index contributed by atoms with van der Waals surface area (Å²) in [4.78, 5) is 9.84. The van der Waals surface area contributed by atoms with Crippen LogP contribution in [0.25, 0.3) is 11.5 Å². The molecule has 1 aliphatic carbocycles. The Morgan fingerprint density at radius 1 is 1.00 bits per heavy atom. The average Bonchev–Trinajstić information content (AvgIpc) is 3.28. The van der Waals surface area contributed by atoms with E-state index in [0.717, 1.165) is 42.8 Å². The molecule has 122 valence electrons. The second kappa shape index (κ2) is 6.85. The second-order valence-corrected chi connectivity index (χ2v) is 6.76. The van der Waals surface area contributed by atoms with Gasteiger partial charge in [0.15, 0.2) is 0 Å². The predicted molar refractivity (Wildman–Crippen MR) is 91.0 cm³/mol. The summed E-state index contributed by atoms with van der Waals surface area (Å²) in [5, 5.41) is 0. The van der Waals surface area contributed by atoms with E-state index in [1.165, 1.54) is 38.8 Å². The molecule has 1 saturated heterocycles. The Hall–Kier alpha value is -1.65. The van der Waals surface area contributed by atoms with Gasteiger partial charge < -0.3 is 4.42 Å². The number of hydrogen-bond acceptors (Lipinski definition) is 4. The summed E-state index contributed by atoms with van der Waals surface area (Å²) in [7, 11) is 0. The number of rotatable bonds is 4. The summed E-state index contributed by atoms with van der Waals surface area (Å²) in [5.41, 5.74) is 2.09. The van der Waals surface area contributed by atoms with Gasteiger partial charge >= 0.3 is 0 Å². The molecular weight excluding hydrogens is 286 g/mol. The molecule has 2 aliphatic rings. The highest BCUT2D eigenvalue weighted by Crippen LogP contribution is 2.25. The molecule has 4 heteroatoms. The van der Waals surface area contributed by atoms with E-state index in [-0.39, 0.29) is 0 Å². The van der Waals surface area contributed by atoms with Gasteiger partial charge in [-0.15, -0.1) is 0 Å². The number of piperazine rings is 1. The standard InChI is InChI=1S/C19H25N3O/c1-2-6-16(7-3-1)19-20-17(15-23-19)14-21-10-12-22(13-11-21)18-8-4-5-9-18/h1-3,6-7,15,18H,4-5,8-14H2. The molecule has 0 atom stereocenters. The average molecular weight is 311 g/mol. The van der Waals surface area contributed by atoms with Crippen LogP contribution in [-0.4, -0.2) is 47.0 Å². The summed E-state index contributed by atoms with van der Waals surface area (Å²) < 4.78 is 5.65. The number of nitrogens with zero attached hydrogens (tertiary/aromatic N) is 3. The second-order valence-electron chi connectivity index (χ2n) is 6.76. The van der Waals surface area contributed by atoms with E-state index in [2.05, 4.69) is 14.8 Å². The van der Waals surface area contributed by atoms with Crippen LogP contribution in [0.5, 0.6) is 0 Å². The van der Waals surface area contributed by atoms with E-state index in [9.17, 15) is 0 Å². The van der Waals surface area contributed by atoms with Gasteiger partial charge in [-0.3, -0.25) is 9.80 Å². The van der Waals surface area contributed by atoms with Crippen molar-refractivity contribution in [2.75, 3.05) is 26.2 Å². The van der Waals surface area contributed by atoms with Crippen LogP contribution in [0, 0.1) is 0 Å². The van der Waals surface area contributed by atoms with E-state index in [1.54, 1.807) is 0 Å². The summed E-state index contributed by atoms with van der Waals surface area (Å²) in [5.74, 6) is 0.727. The highest BCUT2D eigenvalue weighted by molar-refractivity contribution is 5.52. The molecule has 0 radical (unpaired) electrons. The van der Waals surface area contributed by atoms with Crippen LogP contribution in [0.1, 0.15) is 31.4 Å². The van der Waals surface area contributed by atoms with E-state index < -0.39 is 0 Å². The fourth-order valence-electron chi connectivity index (χ4n) is 3.88. The maximum atomic E-state index is 5.65. The number of oxazole rings is 1. The Kier molecular flexibility index (Phi) is 4.44. The van der Waals surface area contributed by atoms with Gasteiger partial charge in [-0.05, 0) is 25.0 Å². The molecule has 4 rings (SSSR count). The van der Waals surface area contributed by atoms with Crippen molar-refractivity contribution < 1.29 is 4.42 Å². The molecule has 1 aromatic heterocycles. The van der Waals surface area contributed by atoms with Crippen LogP contribution < -0.4 is 0 Å². The summed E-state index contributed by atoms with van der Waals surface area (Å²) in [6.07, 6.45) is 7.47. The van der Waals surface area contributed by atoms with Crippen LogP contribution in [0.2, 0.25) is 0 Å². The molecule has 23 heavy (non-hydrogen) atoms. The molecule has 1 aromatic carbocycles. The third-order valence-electron chi connectivity index (χ3n) is 5.21. The molecule has 2 aromatic rings. The van der Waals surface area contributed by atoms with Crippen molar-refractivity contribution in [3.8, 4) is 11.5 Å². The zero-order valence-corrected chi connectivity index (χ0v) is 13.7. The Labute approximate surface area is 138 Å². The molecule has 0 N–H and O–H groups in total. The predicted octanol–water partition coefficient (Wildman–Crippen LogP) is 3.40. The van der Waals surface area contributed by atoms with Crippen LogP contribution in [0.15, 0.2) is 41.0 Å². The molecule has 0 bridgehead atoms. The summed E-state index contributed by atoms with van der Waals surface area (Å²) >= 11 is 0. The Morgan fingerprint density at radius 3 is 2.48 bits per heavy atom. The molecule has 0 unspecified atom stereocenters. The molecule has 1 aliphatic heterocycles. The molecule has 0 spiro atoms. The lowest BCUT2D eigenvalue weighted by Crippen LogP contribution is -2.49. The van der Waals surface area contributed by atoms with Crippen LogP contribution in [-0.2, 0) is 6.54 Å². The summed E-state index contributed by atoms with van der Waals surface area (Å²) in [6, 6.07) is 11.0. The third kappa shape index (κ3) is 3.48. The van der Waals surface area contributed by atoms with Crippen molar-refractivity contribution in [3.63, 3.8) is 0 Å². The van der Waals surface area contributed by atoms with E-state index >= 15 is 0 Å². The topological polar surface area (TPSA) is 32.5 Å². The first kappa shape index (κ1) is 14.9. The van der Waals surface area contributed by atoms with E-state index in [4.69, 9.17) is 4.42 Å². The number of benzene rings is 1. The maximum absolute atomic E-state index is 5.65. The molecule has 1 saturated carbocycles. The minimum atomic E-state index is 0.727. The molecule has 0 amide bonds. The maximum Gasteiger partial charge on any atom is 0.226 e. The van der Waals surface area contributed by atoms with Crippen molar-refractivity contribution in [2.24, 2.45) is 0 Å². The van der Waals surface area contributed by atoms with Crippen molar-refractivity contribution in [3.05, 3.63) is 42.3 Å². The molecule has 4 nitrogen and oxygen atoms in total. The normalized spacial score (nSPS) is 21.0. The van der Waals surface area contributed by atoms with Gasteiger partial charge in [0.2, 0.25) is 5.89 Å². The van der Waals surface area contributed by atoms with Gasteiger partial charge in [0.1, 0.15) is 6.26 Å². The number of hydrogen-bond donors (Lipinski definition) is 0. The zero-order valence-electron chi connectivity index (χ0n) is 13.7. The van der Waals surface area contributed by atoms with Crippen LogP contribution in [0.3, 0.4) is 0 Å². The van der Waals surface area contributed by atoms with Crippen molar-refractivity contribution in [1.82, 2.24) is 14.8 Å². The lowest BCUT2D eigenvalue weighted by Gasteiger charge is -2.37. The summed E-state index contributed by atoms with van der Waals surface area (Å²) in [6.45, 7) is 5.59. The van der Waals surface area contributed by atoms with Gasteiger partial charge in [0.25, 0.3) is 0 Å². The fourth-order valence-corrected chi connectivity index (χ4v) is 3.88. The van der Waals surface area contributed by atoms with Crippen molar-refractivity contribution in [1.29, 1.82) is 0 Å². The van der Waals surface area contributed by atoms with Crippen molar-refractivity contribution >= 4 is 0 Å². The lowest BCUT2D eigenvalue weighted by atomic mass is 10.2. The van der Waals surface area contributed by atoms with Crippen molar-refractivity contribution in [2.45, 2.75) is 38.3 Å². The highest BCUT2D eigenvalue weighted by atomic mass is 16.3. The van der Waals surface area contributed by atoms with E-state index in [1.807, 2.05) is 36.6 Å². The third-order valence-corrected chi connectivity index (χ3v) is 5.21. The minimum absolute atomic E-state index is 0.727. The zero-order chi connectivity index (χ0) is 15.5. The largest absolute Gasteiger partial charge is 0.444 e. The first-order valence-electron chi connectivity index (χ1n) is 8.85. The highest BCUT2D eigenvalue weighted by Gasteiger charge is 2.26. The van der Waals surface area contributed by atoms with Gasteiger partial charge in [0.05, 0.1) is 5.69 Å². The molecular formula is C19H25N3O. The molecule has 2 heterocycles. The van der Waals surface area contributed by atoms with Crippen LogP contribution >= 0.6 is 0 Å². The van der Waals surface area contributed by atoms with Gasteiger partial charge in [-0.25, -0.2) is 4.98 Å². The SMILES string of the molecule is c1ccc(-c2nc(CN3CCN(C4CCCC4)CC3)co2)cc1. The first-order valence-corrected chi connectivity index (χ1v) is 8.85. The van der Waals surface area contributed by atoms with Gasteiger partial charge in [-0.2, -0.15) is 0 Å². The number of aromatic nitrogens is 1. The minimum Gasteiger partial charge on any atom is -0.444 e. The lowest BCUT2D eigenvalue weighted by molar-refractivity contribution is 0.0929. The Balaban J connectivity index is 1.32. The monoisotopic (exact) mass is 311 g/mol. The fraction of sp³-hybridized carbons (Fsp3) is 0.526. The van der Waals surface area contributed by atoms with Gasteiger partial charge in [-0.1, -0.05) is 31.0 Å². The molecule has 2 fully saturated rings. The Bertz CT molecular complexity index is 611. The van der Waals surface area contributed by atoms with E-state index in [0.29, 0.717) is 0 Å². The first-order chi connectivity index (χ1) is 11.4. The van der Waals surface area contributed by atoms with Gasteiger partial charge in [0, 0.05) is 44.3 Å². The quantitative estimate of drug-likeness (QED) is 0.866. The smallest absolute Gasteiger partial charge is 0.226 e. The van der Waals surface area contributed by atoms with Crippen LogP contribution in [0.4, 0.5) is 0 Å². The Morgan fingerprint density at radius 2 is 1.74 bits per heavy atom.